The van der Waals surface area contributed by atoms with Crippen molar-refractivity contribution in [3.8, 4) is 0 Å². The number of hydrogen-bond acceptors (Lipinski definition) is 3. The van der Waals surface area contributed by atoms with Crippen LogP contribution in [0, 0.1) is 0 Å². The summed E-state index contributed by atoms with van der Waals surface area (Å²) >= 11 is 0. The van der Waals surface area contributed by atoms with Gasteiger partial charge in [0.15, 0.2) is 0 Å². The van der Waals surface area contributed by atoms with Gasteiger partial charge in [0.25, 0.3) is 0 Å². The average molecular weight is 97.1 g/mol. The van der Waals surface area contributed by atoms with Crippen molar-refractivity contribution in [2.45, 2.75) is 6.92 Å². The summed E-state index contributed by atoms with van der Waals surface area (Å²) in [7, 11) is 0. The molecular weight excluding hydrogens is 90.1 g/mol. The van der Waals surface area contributed by atoms with Crippen molar-refractivity contribution in [1.82, 2.24) is 0 Å². The molecule has 3 heteroatoms. The Kier molecular flexibility index (Phi) is 0.817. The van der Waals surface area contributed by atoms with E-state index in [1.165, 1.54) is 0 Å². The largest absolute Gasteiger partial charge is 0.368 e. The first-order valence-electron chi connectivity index (χ1n) is 2.13. The first kappa shape index (κ1) is 4.30. The van der Waals surface area contributed by atoms with Crippen LogP contribution in [0.4, 0.5) is 0 Å². The van der Waals surface area contributed by atoms with Crippen LogP contribution < -0.4 is 5.73 Å². The van der Waals surface area contributed by atoms with Gasteiger partial charge in [0, 0.05) is 5.71 Å². The standard InChI is InChI=1S/C4H7N3/c1-3-2-6-4(5)7-3/h2H2,1H3,(H2,5,6). The van der Waals surface area contributed by atoms with E-state index in [1.807, 2.05) is 6.92 Å². The van der Waals surface area contributed by atoms with Crippen LogP contribution in [0.1, 0.15) is 6.92 Å². The monoisotopic (exact) mass is 97.1 g/mol. The highest BCUT2D eigenvalue weighted by atomic mass is 15.1. The highest BCUT2D eigenvalue weighted by Crippen LogP contribution is 1.88. The van der Waals surface area contributed by atoms with Crippen molar-refractivity contribution in [2.24, 2.45) is 15.7 Å². The molecule has 0 bridgehead atoms. The Morgan fingerprint density at radius 2 is 2.43 bits per heavy atom. The summed E-state index contributed by atoms with van der Waals surface area (Å²) < 4.78 is 0. The molecule has 1 aliphatic heterocycles. The minimum Gasteiger partial charge on any atom is -0.368 e. The molecule has 0 saturated carbocycles. The molecule has 0 atom stereocenters. The summed E-state index contributed by atoms with van der Waals surface area (Å²) in [6.45, 7) is 2.59. The maximum atomic E-state index is 5.19. The van der Waals surface area contributed by atoms with Crippen molar-refractivity contribution in [1.29, 1.82) is 0 Å². The first-order chi connectivity index (χ1) is 3.29. The Morgan fingerprint density at radius 1 is 1.71 bits per heavy atom. The van der Waals surface area contributed by atoms with Gasteiger partial charge in [-0.05, 0) is 6.92 Å². The Hall–Kier alpha value is -0.860. The van der Waals surface area contributed by atoms with E-state index in [-0.39, 0.29) is 0 Å². The predicted molar refractivity (Wildman–Crippen MR) is 29.6 cm³/mol. The van der Waals surface area contributed by atoms with Crippen LogP contribution in [0.5, 0.6) is 0 Å². The molecule has 2 N–H and O–H groups in total. The molecular formula is C4H7N3. The molecule has 1 aliphatic rings. The Bertz CT molecular complexity index is 134. The Balaban J connectivity index is 2.69. The van der Waals surface area contributed by atoms with Gasteiger partial charge < -0.3 is 5.73 Å². The number of nitrogens with zero attached hydrogens (tertiary/aromatic N) is 2. The number of aliphatic imine (C=N–C) groups is 2. The highest BCUT2D eigenvalue weighted by molar-refractivity contribution is 6.01. The lowest BCUT2D eigenvalue weighted by atomic mass is 10.4. The van der Waals surface area contributed by atoms with Crippen molar-refractivity contribution < 1.29 is 0 Å². The summed E-state index contributed by atoms with van der Waals surface area (Å²) in [4.78, 5) is 7.64. The fraction of sp³-hybridized carbons (Fsp3) is 0.500. The molecule has 0 radical (unpaired) electrons. The third-order valence-electron chi connectivity index (χ3n) is 0.775. The third-order valence-corrected chi connectivity index (χ3v) is 0.775. The van der Waals surface area contributed by atoms with Gasteiger partial charge in [0.05, 0.1) is 6.54 Å². The summed E-state index contributed by atoms with van der Waals surface area (Å²) in [6.07, 6.45) is 0. The smallest absolute Gasteiger partial charge is 0.215 e. The van der Waals surface area contributed by atoms with Crippen molar-refractivity contribution in [3.05, 3.63) is 0 Å². The van der Waals surface area contributed by atoms with Crippen molar-refractivity contribution in [3.63, 3.8) is 0 Å². The van der Waals surface area contributed by atoms with E-state index in [0.29, 0.717) is 12.5 Å². The number of hydrogen-bond donors (Lipinski definition) is 1. The van der Waals surface area contributed by atoms with Crippen LogP contribution in [-0.4, -0.2) is 18.2 Å². The molecule has 0 aromatic carbocycles. The Morgan fingerprint density at radius 3 is 2.57 bits per heavy atom. The molecule has 1 heterocycles. The van der Waals surface area contributed by atoms with E-state index < -0.39 is 0 Å². The second kappa shape index (κ2) is 1.33. The molecule has 3 nitrogen and oxygen atoms in total. The second-order valence-corrected chi connectivity index (χ2v) is 1.52. The van der Waals surface area contributed by atoms with Gasteiger partial charge in [-0.25, -0.2) is 9.98 Å². The third kappa shape index (κ3) is 0.765. The number of rotatable bonds is 0. The molecule has 38 valence electrons. The van der Waals surface area contributed by atoms with Crippen LogP contribution >= 0.6 is 0 Å². The highest BCUT2D eigenvalue weighted by Gasteiger charge is 1.98. The van der Waals surface area contributed by atoms with Gasteiger partial charge in [-0.15, -0.1) is 0 Å². The lowest BCUT2D eigenvalue weighted by molar-refractivity contribution is 1.32. The van der Waals surface area contributed by atoms with Gasteiger partial charge in [-0.2, -0.15) is 0 Å². The molecule has 0 saturated heterocycles. The quantitative estimate of drug-likeness (QED) is 0.446. The molecule has 7 heavy (non-hydrogen) atoms. The van der Waals surface area contributed by atoms with Crippen LogP contribution in [-0.2, 0) is 0 Å². The van der Waals surface area contributed by atoms with Crippen LogP contribution in [0.15, 0.2) is 9.98 Å². The van der Waals surface area contributed by atoms with Gasteiger partial charge >= 0.3 is 0 Å². The van der Waals surface area contributed by atoms with E-state index in [4.69, 9.17) is 5.73 Å². The average Bonchev–Trinajstić information content (AvgIpc) is 1.87. The fourth-order valence-electron chi connectivity index (χ4n) is 0.462. The number of nitrogens with two attached hydrogens (primary N) is 1. The molecule has 0 amide bonds. The van der Waals surface area contributed by atoms with Crippen molar-refractivity contribution >= 4 is 11.7 Å². The van der Waals surface area contributed by atoms with Gasteiger partial charge in [0.2, 0.25) is 5.96 Å². The second-order valence-electron chi connectivity index (χ2n) is 1.52. The van der Waals surface area contributed by atoms with E-state index in [2.05, 4.69) is 9.98 Å². The zero-order chi connectivity index (χ0) is 5.28. The van der Waals surface area contributed by atoms with Gasteiger partial charge in [-0.3, -0.25) is 0 Å². The molecule has 0 aromatic rings. The van der Waals surface area contributed by atoms with E-state index in [0.717, 1.165) is 5.71 Å². The minimum absolute atomic E-state index is 0.414. The van der Waals surface area contributed by atoms with E-state index in [1.54, 1.807) is 0 Å². The Labute approximate surface area is 42.0 Å². The number of guanidine groups is 1. The summed E-state index contributed by atoms with van der Waals surface area (Å²) in [5.41, 5.74) is 6.19. The molecule has 0 unspecified atom stereocenters. The van der Waals surface area contributed by atoms with Crippen LogP contribution in [0.3, 0.4) is 0 Å². The summed E-state index contributed by atoms with van der Waals surface area (Å²) in [6, 6.07) is 0. The van der Waals surface area contributed by atoms with Gasteiger partial charge in [0.1, 0.15) is 0 Å². The molecule has 0 fully saturated rings. The topological polar surface area (TPSA) is 50.7 Å². The maximum Gasteiger partial charge on any atom is 0.215 e. The van der Waals surface area contributed by atoms with Crippen molar-refractivity contribution in [2.75, 3.05) is 6.54 Å². The lowest BCUT2D eigenvalue weighted by Gasteiger charge is -1.76. The predicted octanol–water partition coefficient (Wildman–Crippen LogP) is -0.224. The first-order valence-corrected chi connectivity index (χ1v) is 2.13. The molecule has 0 aromatic heterocycles. The molecule has 1 rings (SSSR count). The fourth-order valence-corrected chi connectivity index (χ4v) is 0.462. The molecule has 0 spiro atoms. The maximum absolute atomic E-state index is 5.19. The minimum atomic E-state index is 0.414. The summed E-state index contributed by atoms with van der Waals surface area (Å²) in [5.74, 6) is 0.414. The van der Waals surface area contributed by atoms with E-state index >= 15 is 0 Å². The zero-order valence-electron chi connectivity index (χ0n) is 4.18. The lowest BCUT2D eigenvalue weighted by Crippen LogP contribution is -2.03. The van der Waals surface area contributed by atoms with Gasteiger partial charge in [-0.1, -0.05) is 0 Å². The normalized spacial score (nSPS) is 19.0. The molecule has 0 aliphatic carbocycles. The summed E-state index contributed by atoms with van der Waals surface area (Å²) in [5, 5.41) is 0. The zero-order valence-corrected chi connectivity index (χ0v) is 4.18. The van der Waals surface area contributed by atoms with Crippen LogP contribution in [0.25, 0.3) is 0 Å². The SMILES string of the molecule is CC1=NC(N)=NC1. The van der Waals surface area contributed by atoms with E-state index in [9.17, 15) is 0 Å². The van der Waals surface area contributed by atoms with Crippen LogP contribution in [0.2, 0.25) is 0 Å².